The number of hydrogen-bond acceptors (Lipinski definition) is 9. The van der Waals surface area contributed by atoms with Gasteiger partial charge >= 0.3 is 0 Å². The topological polar surface area (TPSA) is 149 Å². The summed E-state index contributed by atoms with van der Waals surface area (Å²) in [6.45, 7) is 6.91. The van der Waals surface area contributed by atoms with Gasteiger partial charge in [0.1, 0.15) is 17.6 Å². The van der Waals surface area contributed by atoms with E-state index in [1.807, 2.05) is 26.0 Å². The van der Waals surface area contributed by atoms with E-state index < -0.39 is 35.5 Å². The Morgan fingerprint density at radius 2 is 1.75 bits per heavy atom. The number of carbonyl (C=O) groups excluding carboxylic acids is 4. The summed E-state index contributed by atoms with van der Waals surface area (Å²) < 4.78 is 20.7. The molecule has 4 aromatic rings. The normalized spacial score (nSPS) is 17.6. The molecule has 1 saturated heterocycles. The predicted molar refractivity (Wildman–Crippen MR) is 187 cm³/mol. The summed E-state index contributed by atoms with van der Waals surface area (Å²) >= 11 is 0. The molecular formula is C39H37FN6O5. The minimum Gasteiger partial charge on any atom is -0.383 e. The van der Waals surface area contributed by atoms with Gasteiger partial charge in [-0.25, -0.2) is 4.39 Å². The Labute approximate surface area is 294 Å². The molecule has 1 aromatic heterocycles. The van der Waals surface area contributed by atoms with Crippen LogP contribution in [0.2, 0.25) is 0 Å². The SMILES string of the molecule is Cc1ccc(-c2c(C)noc2C)cc1N(CCCCNc1cc2c(cc1F)C(=O)N(C1CCC(=O)NC1=O)C2=O)c1ccc(C2(C#N)CC2)cc1. The molecule has 0 spiro atoms. The molecule has 51 heavy (non-hydrogen) atoms. The van der Waals surface area contributed by atoms with E-state index in [0.717, 1.165) is 75.3 Å². The summed E-state index contributed by atoms with van der Waals surface area (Å²) in [7, 11) is 0. The number of halogens is 1. The number of rotatable bonds is 11. The molecule has 3 heterocycles. The van der Waals surface area contributed by atoms with Crippen molar-refractivity contribution >= 4 is 40.7 Å². The fraction of sp³-hybridized carbons (Fsp3) is 0.333. The first-order valence-electron chi connectivity index (χ1n) is 17.1. The number of amides is 4. The number of anilines is 3. The van der Waals surface area contributed by atoms with Crippen molar-refractivity contribution in [3.8, 4) is 17.2 Å². The molecule has 1 saturated carbocycles. The lowest BCUT2D eigenvalue weighted by Gasteiger charge is -2.28. The number of nitriles is 1. The van der Waals surface area contributed by atoms with Gasteiger partial charge in [0.15, 0.2) is 0 Å². The highest BCUT2D eigenvalue weighted by Gasteiger charge is 2.46. The van der Waals surface area contributed by atoms with Crippen molar-refractivity contribution in [1.29, 1.82) is 5.26 Å². The summed E-state index contributed by atoms with van der Waals surface area (Å²) in [6.07, 6.45) is 3.13. The van der Waals surface area contributed by atoms with Gasteiger partial charge in [-0.15, -0.1) is 0 Å². The van der Waals surface area contributed by atoms with Crippen molar-refractivity contribution in [3.05, 3.63) is 94.1 Å². The van der Waals surface area contributed by atoms with Crippen LogP contribution in [0.5, 0.6) is 0 Å². The number of nitrogens with one attached hydrogen (secondary N) is 2. The van der Waals surface area contributed by atoms with Crippen LogP contribution < -0.4 is 15.5 Å². The summed E-state index contributed by atoms with van der Waals surface area (Å²) in [6, 6.07) is 18.2. The molecule has 260 valence electrons. The van der Waals surface area contributed by atoms with Gasteiger partial charge in [-0.1, -0.05) is 29.4 Å². The third-order valence-electron chi connectivity index (χ3n) is 10.2. The number of carbonyl (C=O) groups is 4. The van der Waals surface area contributed by atoms with Crippen LogP contribution >= 0.6 is 0 Å². The lowest BCUT2D eigenvalue weighted by molar-refractivity contribution is -0.136. The number of benzene rings is 3. The number of fused-ring (bicyclic) bond motifs is 1. The van der Waals surface area contributed by atoms with Crippen LogP contribution in [-0.4, -0.2) is 52.8 Å². The molecule has 11 nitrogen and oxygen atoms in total. The first kappa shape index (κ1) is 33.7. The number of unbranched alkanes of at least 4 members (excludes halogenated alkanes) is 1. The molecule has 12 heteroatoms. The van der Waals surface area contributed by atoms with Crippen molar-refractivity contribution in [2.45, 2.75) is 70.8 Å². The van der Waals surface area contributed by atoms with Crippen LogP contribution in [0, 0.1) is 37.9 Å². The van der Waals surface area contributed by atoms with Gasteiger partial charge in [-0.2, -0.15) is 5.26 Å². The molecule has 3 aliphatic rings. The summed E-state index contributed by atoms with van der Waals surface area (Å²) in [5, 5.41) is 19.1. The van der Waals surface area contributed by atoms with E-state index in [-0.39, 0.29) is 35.1 Å². The zero-order chi connectivity index (χ0) is 36.0. The zero-order valence-corrected chi connectivity index (χ0v) is 28.6. The fourth-order valence-corrected chi connectivity index (χ4v) is 7.13. The zero-order valence-electron chi connectivity index (χ0n) is 28.6. The Kier molecular flexibility index (Phi) is 8.67. The van der Waals surface area contributed by atoms with Gasteiger partial charge in [0, 0.05) is 36.4 Å². The number of aromatic nitrogens is 1. The van der Waals surface area contributed by atoms with Crippen molar-refractivity contribution in [3.63, 3.8) is 0 Å². The number of imide groups is 2. The average Bonchev–Trinajstić information content (AvgIpc) is 3.80. The van der Waals surface area contributed by atoms with E-state index in [1.54, 1.807) is 0 Å². The van der Waals surface area contributed by atoms with E-state index in [0.29, 0.717) is 19.5 Å². The Balaban J connectivity index is 1.07. The third kappa shape index (κ3) is 6.13. The quantitative estimate of drug-likeness (QED) is 0.135. The molecule has 0 bridgehead atoms. The molecule has 1 aliphatic carbocycles. The minimum atomic E-state index is -1.12. The predicted octanol–water partition coefficient (Wildman–Crippen LogP) is 6.39. The van der Waals surface area contributed by atoms with Crippen LogP contribution in [0.3, 0.4) is 0 Å². The Morgan fingerprint density at radius 1 is 1.02 bits per heavy atom. The van der Waals surface area contributed by atoms with Crippen LogP contribution in [-0.2, 0) is 15.0 Å². The monoisotopic (exact) mass is 688 g/mol. The van der Waals surface area contributed by atoms with Crippen molar-refractivity contribution in [2.75, 3.05) is 23.3 Å². The molecule has 2 aliphatic heterocycles. The standard InChI is InChI=1S/C39H37FN6O5/c1-22-6-7-25(35-23(2)44-51-24(35)3)18-33(22)45(27-10-8-26(9-11-27)39(21-41)14-15-39)17-5-4-16-42-31-20-29-28(19-30(31)40)37(49)46(38(29)50)32-12-13-34(47)43-36(32)48/h6-11,18-20,32,42H,4-5,12-17H2,1-3H3,(H,43,47,48). The van der Waals surface area contributed by atoms with E-state index in [1.165, 1.54) is 6.07 Å². The molecule has 2 N–H and O–H groups in total. The average molecular weight is 689 g/mol. The maximum Gasteiger partial charge on any atom is 0.262 e. The van der Waals surface area contributed by atoms with Crippen LogP contribution in [0.15, 0.2) is 59.1 Å². The lowest BCUT2D eigenvalue weighted by Crippen LogP contribution is -2.54. The van der Waals surface area contributed by atoms with Crippen molar-refractivity contribution in [1.82, 2.24) is 15.4 Å². The van der Waals surface area contributed by atoms with Crippen LogP contribution in [0.4, 0.5) is 21.5 Å². The second kappa shape index (κ2) is 13.1. The minimum absolute atomic E-state index is 0.00181. The van der Waals surface area contributed by atoms with Crippen LogP contribution in [0.1, 0.15) is 81.8 Å². The maximum atomic E-state index is 15.2. The van der Waals surface area contributed by atoms with Gasteiger partial charge in [-0.05, 0) is 99.9 Å². The van der Waals surface area contributed by atoms with E-state index in [4.69, 9.17) is 4.52 Å². The fourth-order valence-electron chi connectivity index (χ4n) is 7.13. The second-order valence-corrected chi connectivity index (χ2v) is 13.6. The molecule has 1 unspecified atom stereocenters. The number of piperidine rings is 1. The molecular weight excluding hydrogens is 651 g/mol. The highest BCUT2D eigenvalue weighted by Crippen LogP contribution is 2.48. The highest BCUT2D eigenvalue weighted by atomic mass is 19.1. The molecule has 7 rings (SSSR count). The molecule has 4 amide bonds. The van der Waals surface area contributed by atoms with E-state index in [2.05, 4.69) is 64.0 Å². The lowest BCUT2D eigenvalue weighted by atomic mass is 9.97. The van der Waals surface area contributed by atoms with Gasteiger partial charge in [0.25, 0.3) is 11.8 Å². The maximum absolute atomic E-state index is 15.2. The molecule has 3 aromatic carbocycles. The summed E-state index contributed by atoms with van der Waals surface area (Å²) in [4.78, 5) is 53.3. The molecule has 0 radical (unpaired) electrons. The van der Waals surface area contributed by atoms with Gasteiger partial charge in [0.05, 0.1) is 34.0 Å². The third-order valence-corrected chi connectivity index (χ3v) is 10.2. The first-order chi connectivity index (χ1) is 24.5. The Morgan fingerprint density at radius 3 is 2.39 bits per heavy atom. The molecule has 1 atom stereocenters. The number of aryl methyl sites for hydroxylation is 3. The van der Waals surface area contributed by atoms with Crippen molar-refractivity contribution in [2.24, 2.45) is 0 Å². The second-order valence-electron chi connectivity index (χ2n) is 13.6. The Bertz CT molecular complexity index is 2110. The van der Waals surface area contributed by atoms with Crippen LogP contribution in [0.25, 0.3) is 11.1 Å². The van der Waals surface area contributed by atoms with E-state index in [9.17, 15) is 24.4 Å². The van der Waals surface area contributed by atoms with Gasteiger partial charge < -0.3 is 14.7 Å². The first-order valence-corrected chi connectivity index (χ1v) is 17.1. The largest absolute Gasteiger partial charge is 0.383 e. The van der Waals surface area contributed by atoms with Gasteiger partial charge in [-0.3, -0.25) is 29.4 Å². The smallest absolute Gasteiger partial charge is 0.262 e. The summed E-state index contributed by atoms with van der Waals surface area (Å²) in [5.74, 6) is -2.57. The number of nitrogens with zero attached hydrogens (tertiary/aromatic N) is 4. The highest BCUT2D eigenvalue weighted by molar-refractivity contribution is 6.23. The van der Waals surface area contributed by atoms with E-state index >= 15 is 4.39 Å². The molecule has 2 fully saturated rings. The number of hydrogen-bond donors (Lipinski definition) is 2. The van der Waals surface area contributed by atoms with Crippen molar-refractivity contribution < 1.29 is 28.1 Å². The van der Waals surface area contributed by atoms with Gasteiger partial charge in [0.2, 0.25) is 11.8 Å². The summed E-state index contributed by atoms with van der Waals surface area (Å²) in [5.41, 5.74) is 6.46. The Hall–Kier alpha value is -5.83.